The summed E-state index contributed by atoms with van der Waals surface area (Å²) in [5.41, 5.74) is 0. The molecule has 1 N–H and O–H groups in total. The Kier molecular flexibility index (Phi) is 2.08. The third-order valence-electron chi connectivity index (χ3n) is 1.46. The molecule has 0 aliphatic carbocycles. The van der Waals surface area contributed by atoms with E-state index in [0.29, 0.717) is 5.89 Å². The Labute approximate surface area is 68.4 Å². The van der Waals surface area contributed by atoms with Gasteiger partial charge in [0.15, 0.2) is 0 Å². The molecule has 0 unspecified atom stereocenters. The van der Waals surface area contributed by atoms with E-state index in [1.807, 2.05) is 20.1 Å². The summed E-state index contributed by atoms with van der Waals surface area (Å²) in [5.74, 6) is -0.0582. The molecule has 0 aliphatic rings. The molecule has 0 spiro atoms. The number of hydrogen-bond acceptors (Lipinski definition) is 4. The molecule has 11 heavy (non-hydrogen) atoms. The van der Waals surface area contributed by atoms with Crippen molar-refractivity contribution in [2.75, 3.05) is 6.26 Å². The molecule has 0 amide bonds. The van der Waals surface area contributed by atoms with Crippen molar-refractivity contribution in [1.82, 2.24) is 10.2 Å². The Bertz CT molecular complexity index is 289. The van der Waals surface area contributed by atoms with Gasteiger partial charge in [-0.1, -0.05) is 0 Å². The number of nitrogens with one attached hydrogen (secondary N) is 1. The van der Waals surface area contributed by atoms with Crippen molar-refractivity contribution in [3.8, 4) is 0 Å². The summed E-state index contributed by atoms with van der Waals surface area (Å²) in [6.07, 6.45) is 1.94. The number of rotatable bonds is 2. The topological polar surface area (TPSA) is 58.9 Å². The standard InChI is InChI=1S/C6H10N2O2S/c1-6(2,11-3)4-7-8-5(9)10-4/h1-3H3,(H,8,9). The van der Waals surface area contributed by atoms with Crippen LogP contribution in [0.4, 0.5) is 0 Å². The molecule has 0 radical (unpaired) electrons. The fraction of sp³-hybridized carbons (Fsp3) is 0.667. The van der Waals surface area contributed by atoms with Crippen LogP contribution in [0.2, 0.25) is 0 Å². The lowest BCUT2D eigenvalue weighted by Gasteiger charge is -2.15. The molecule has 62 valence electrons. The summed E-state index contributed by atoms with van der Waals surface area (Å²) in [6.45, 7) is 3.88. The van der Waals surface area contributed by atoms with Crippen LogP contribution in [0, 0.1) is 0 Å². The number of hydrogen-bond donors (Lipinski definition) is 1. The first-order chi connectivity index (χ1) is 5.06. The van der Waals surface area contributed by atoms with Gasteiger partial charge in [-0.25, -0.2) is 9.89 Å². The van der Waals surface area contributed by atoms with Crippen LogP contribution in [0.5, 0.6) is 0 Å². The maximum absolute atomic E-state index is 10.6. The van der Waals surface area contributed by atoms with Gasteiger partial charge in [0, 0.05) is 0 Å². The first kappa shape index (κ1) is 8.39. The van der Waals surface area contributed by atoms with Crippen molar-refractivity contribution in [3.05, 3.63) is 16.4 Å². The molecule has 0 aromatic carbocycles. The quantitative estimate of drug-likeness (QED) is 0.725. The summed E-state index contributed by atoms with van der Waals surface area (Å²) >= 11 is 1.58. The molecular formula is C6H10N2O2S. The Balaban J connectivity index is 3.01. The van der Waals surface area contributed by atoms with E-state index in [2.05, 4.69) is 10.2 Å². The molecule has 0 atom stereocenters. The molecule has 0 saturated carbocycles. The normalized spacial score (nSPS) is 11.9. The Morgan fingerprint density at radius 2 is 2.27 bits per heavy atom. The van der Waals surface area contributed by atoms with Gasteiger partial charge in [0.25, 0.3) is 0 Å². The summed E-state index contributed by atoms with van der Waals surface area (Å²) in [7, 11) is 0. The smallest absolute Gasteiger partial charge is 0.391 e. The highest BCUT2D eigenvalue weighted by atomic mass is 32.2. The van der Waals surface area contributed by atoms with Gasteiger partial charge in [-0.3, -0.25) is 0 Å². The number of H-pyrrole nitrogens is 1. The second kappa shape index (κ2) is 2.73. The summed E-state index contributed by atoms with van der Waals surface area (Å²) < 4.78 is 4.56. The molecule has 0 bridgehead atoms. The van der Waals surface area contributed by atoms with Crippen LogP contribution in [-0.4, -0.2) is 16.5 Å². The molecule has 5 heteroatoms. The second-order valence-electron chi connectivity index (χ2n) is 2.63. The van der Waals surface area contributed by atoms with Crippen molar-refractivity contribution in [1.29, 1.82) is 0 Å². The minimum absolute atomic E-state index is 0.237. The van der Waals surface area contributed by atoms with Gasteiger partial charge >= 0.3 is 5.76 Å². The summed E-state index contributed by atoms with van der Waals surface area (Å²) in [6, 6.07) is 0. The van der Waals surface area contributed by atoms with E-state index >= 15 is 0 Å². The molecule has 4 nitrogen and oxygen atoms in total. The highest BCUT2D eigenvalue weighted by Gasteiger charge is 2.24. The van der Waals surface area contributed by atoms with Gasteiger partial charge in [0.2, 0.25) is 5.89 Å². The number of thioether (sulfide) groups is 1. The predicted octanol–water partition coefficient (Wildman–Crippen LogP) is 0.961. The van der Waals surface area contributed by atoms with Gasteiger partial charge in [-0.05, 0) is 20.1 Å². The van der Waals surface area contributed by atoms with E-state index in [9.17, 15) is 4.79 Å². The molecule has 1 aromatic heterocycles. The average Bonchev–Trinajstić information content (AvgIpc) is 2.36. The lowest BCUT2D eigenvalue weighted by Crippen LogP contribution is -2.11. The molecule has 0 fully saturated rings. The monoisotopic (exact) mass is 174 g/mol. The molecule has 0 saturated heterocycles. The second-order valence-corrected chi connectivity index (χ2v) is 4.06. The molecule has 0 aliphatic heterocycles. The lowest BCUT2D eigenvalue weighted by atomic mass is 10.2. The van der Waals surface area contributed by atoms with Gasteiger partial charge in [-0.15, -0.1) is 16.9 Å². The maximum Gasteiger partial charge on any atom is 0.434 e. The predicted molar refractivity (Wildman–Crippen MR) is 43.7 cm³/mol. The molecule has 1 aromatic rings. The van der Waals surface area contributed by atoms with Crippen LogP contribution < -0.4 is 5.76 Å². The van der Waals surface area contributed by atoms with Crippen molar-refractivity contribution in [3.63, 3.8) is 0 Å². The van der Waals surface area contributed by atoms with E-state index < -0.39 is 5.76 Å². The van der Waals surface area contributed by atoms with E-state index in [0.717, 1.165) is 0 Å². The summed E-state index contributed by atoms with van der Waals surface area (Å²) in [5, 5.41) is 5.96. The van der Waals surface area contributed by atoms with Crippen molar-refractivity contribution >= 4 is 11.8 Å². The molecular weight excluding hydrogens is 164 g/mol. The zero-order valence-electron chi connectivity index (χ0n) is 6.67. The first-order valence-corrected chi connectivity index (χ1v) is 4.40. The van der Waals surface area contributed by atoms with Crippen LogP contribution in [0.25, 0.3) is 0 Å². The van der Waals surface area contributed by atoms with E-state index in [1.54, 1.807) is 11.8 Å². The van der Waals surface area contributed by atoms with E-state index in [4.69, 9.17) is 4.42 Å². The number of aromatic amines is 1. The van der Waals surface area contributed by atoms with Crippen molar-refractivity contribution in [2.45, 2.75) is 18.6 Å². The Morgan fingerprint density at radius 3 is 2.64 bits per heavy atom. The maximum atomic E-state index is 10.6. The zero-order chi connectivity index (χ0) is 8.48. The lowest BCUT2D eigenvalue weighted by molar-refractivity contribution is 0.427. The fourth-order valence-corrected chi connectivity index (χ4v) is 0.837. The number of nitrogens with zero attached hydrogens (tertiary/aromatic N) is 1. The largest absolute Gasteiger partial charge is 0.434 e. The fourth-order valence-electron chi connectivity index (χ4n) is 0.575. The van der Waals surface area contributed by atoms with E-state index in [1.165, 1.54) is 0 Å². The summed E-state index contributed by atoms with van der Waals surface area (Å²) in [4.78, 5) is 10.6. The van der Waals surface area contributed by atoms with Crippen LogP contribution in [0.3, 0.4) is 0 Å². The third-order valence-corrected chi connectivity index (χ3v) is 2.66. The van der Waals surface area contributed by atoms with Gasteiger partial charge in [0.05, 0.1) is 4.75 Å². The SMILES string of the molecule is CSC(C)(C)c1n[nH]c(=O)o1. The highest BCUT2D eigenvalue weighted by Crippen LogP contribution is 2.30. The molecule has 1 rings (SSSR count). The Morgan fingerprint density at radius 1 is 1.64 bits per heavy atom. The van der Waals surface area contributed by atoms with Gasteiger partial charge in [-0.2, -0.15) is 0 Å². The van der Waals surface area contributed by atoms with Crippen LogP contribution in [0.1, 0.15) is 19.7 Å². The van der Waals surface area contributed by atoms with Gasteiger partial charge < -0.3 is 4.42 Å². The van der Waals surface area contributed by atoms with Crippen molar-refractivity contribution < 1.29 is 4.42 Å². The molecule has 1 heterocycles. The minimum Gasteiger partial charge on any atom is -0.391 e. The van der Waals surface area contributed by atoms with Crippen LogP contribution >= 0.6 is 11.8 Å². The van der Waals surface area contributed by atoms with Gasteiger partial charge in [0.1, 0.15) is 0 Å². The average molecular weight is 174 g/mol. The third kappa shape index (κ3) is 1.65. The Hall–Kier alpha value is -0.710. The van der Waals surface area contributed by atoms with Crippen LogP contribution in [-0.2, 0) is 4.75 Å². The zero-order valence-corrected chi connectivity index (χ0v) is 7.49. The van der Waals surface area contributed by atoms with Crippen LogP contribution in [0.15, 0.2) is 9.21 Å². The highest BCUT2D eigenvalue weighted by molar-refractivity contribution is 7.99. The minimum atomic E-state index is -0.498. The van der Waals surface area contributed by atoms with E-state index in [-0.39, 0.29) is 4.75 Å². The first-order valence-electron chi connectivity index (χ1n) is 3.17. The number of aromatic nitrogens is 2. The van der Waals surface area contributed by atoms with Crippen molar-refractivity contribution in [2.24, 2.45) is 0 Å².